The van der Waals surface area contributed by atoms with Crippen LogP contribution in [0.4, 0.5) is 0 Å². The van der Waals surface area contributed by atoms with E-state index in [0.717, 1.165) is 30.1 Å². The van der Waals surface area contributed by atoms with Gasteiger partial charge in [0.2, 0.25) is 0 Å². The number of aliphatic hydroxyl groups is 1. The van der Waals surface area contributed by atoms with E-state index in [1.165, 1.54) is 63.4 Å². The predicted octanol–water partition coefficient (Wildman–Crippen LogP) is 8.02. The Morgan fingerprint density at radius 1 is 0.742 bits per heavy atom. The second kappa shape index (κ2) is 6.64. The number of hydrogen-bond acceptors (Lipinski definition) is 1. The summed E-state index contributed by atoms with van der Waals surface area (Å²) in [4.78, 5) is 0. The largest absolute Gasteiger partial charge is 0.393 e. The minimum atomic E-state index is -0.118. The van der Waals surface area contributed by atoms with Gasteiger partial charge < -0.3 is 5.11 Å². The summed E-state index contributed by atoms with van der Waals surface area (Å²) in [7, 11) is 0. The molecule has 0 radical (unpaired) electrons. The van der Waals surface area contributed by atoms with Gasteiger partial charge in [0.05, 0.1) is 6.10 Å². The van der Waals surface area contributed by atoms with Crippen molar-refractivity contribution in [3.63, 3.8) is 0 Å². The molecule has 10 atom stereocenters. The molecule has 5 aliphatic carbocycles. The van der Waals surface area contributed by atoms with Crippen LogP contribution in [0.15, 0.2) is 12.2 Å². The van der Waals surface area contributed by atoms with E-state index < -0.39 is 0 Å². The van der Waals surface area contributed by atoms with Crippen LogP contribution < -0.4 is 0 Å². The Labute approximate surface area is 192 Å². The van der Waals surface area contributed by atoms with Crippen LogP contribution in [0.25, 0.3) is 0 Å². The lowest BCUT2D eigenvalue weighted by atomic mass is 9.32. The van der Waals surface area contributed by atoms with Gasteiger partial charge >= 0.3 is 0 Å². The summed E-state index contributed by atoms with van der Waals surface area (Å²) < 4.78 is 0. The maximum atomic E-state index is 10.9. The van der Waals surface area contributed by atoms with Gasteiger partial charge in [0.15, 0.2) is 0 Å². The van der Waals surface area contributed by atoms with Crippen LogP contribution >= 0.6 is 0 Å². The monoisotopic (exact) mass is 426 g/mol. The van der Waals surface area contributed by atoms with Crippen molar-refractivity contribution in [1.82, 2.24) is 0 Å². The van der Waals surface area contributed by atoms with Crippen molar-refractivity contribution >= 4 is 0 Å². The average Bonchev–Trinajstić information content (AvgIpc) is 3.04. The summed E-state index contributed by atoms with van der Waals surface area (Å²) in [5.74, 6) is 3.98. The number of hydrogen-bond donors (Lipinski definition) is 1. The molecule has 1 N–H and O–H groups in total. The van der Waals surface area contributed by atoms with E-state index in [9.17, 15) is 5.11 Å². The van der Waals surface area contributed by atoms with E-state index in [1.54, 1.807) is 0 Å². The molecule has 5 saturated carbocycles. The van der Waals surface area contributed by atoms with Crippen molar-refractivity contribution in [3.8, 4) is 0 Å². The quantitative estimate of drug-likeness (QED) is 0.421. The highest BCUT2D eigenvalue weighted by Gasteiger charge is 2.70. The fraction of sp³-hybridized carbons (Fsp3) is 0.933. The van der Waals surface area contributed by atoms with Gasteiger partial charge in [0, 0.05) is 0 Å². The normalized spacial score (nSPS) is 57.9. The minimum Gasteiger partial charge on any atom is -0.393 e. The summed E-state index contributed by atoms with van der Waals surface area (Å²) in [6.07, 6.45) is 13.4. The molecule has 176 valence electrons. The third kappa shape index (κ3) is 2.65. The molecular formula is C30H50O. The van der Waals surface area contributed by atoms with Gasteiger partial charge in [-0.3, -0.25) is 0 Å². The molecule has 31 heavy (non-hydrogen) atoms. The first-order chi connectivity index (χ1) is 14.3. The fourth-order valence-electron chi connectivity index (χ4n) is 11.5. The van der Waals surface area contributed by atoms with Gasteiger partial charge in [-0.15, -0.1) is 0 Å². The summed E-state index contributed by atoms with van der Waals surface area (Å²) >= 11 is 0. The lowest BCUT2D eigenvalue weighted by molar-refractivity contribution is -0.246. The van der Waals surface area contributed by atoms with Crippen LogP contribution in [0.3, 0.4) is 0 Å². The first kappa shape index (κ1) is 22.5. The zero-order valence-electron chi connectivity index (χ0n) is 21.7. The molecule has 0 aromatic heterocycles. The molecule has 1 nitrogen and oxygen atoms in total. The Morgan fingerprint density at radius 2 is 1.45 bits per heavy atom. The lowest BCUT2D eigenvalue weighted by Crippen LogP contribution is -2.66. The van der Waals surface area contributed by atoms with Crippen molar-refractivity contribution in [2.75, 3.05) is 0 Å². The van der Waals surface area contributed by atoms with Crippen molar-refractivity contribution in [2.24, 2.45) is 56.7 Å². The van der Waals surface area contributed by atoms with E-state index in [-0.39, 0.29) is 11.5 Å². The molecular weight excluding hydrogens is 376 g/mol. The molecule has 5 fully saturated rings. The molecule has 5 aliphatic rings. The van der Waals surface area contributed by atoms with Crippen molar-refractivity contribution in [1.29, 1.82) is 0 Å². The van der Waals surface area contributed by atoms with Crippen LogP contribution in [-0.2, 0) is 0 Å². The molecule has 0 unspecified atom stereocenters. The Morgan fingerprint density at radius 3 is 2.13 bits per heavy atom. The third-order valence-corrected chi connectivity index (χ3v) is 13.5. The fourth-order valence-corrected chi connectivity index (χ4v) is 11.5. The first-order valence-electron chi connectivity index (χ1n) is 13.6. The second-order valence-electron chi connectivity index (χ2n) is 14.7. The van der Waals surface area contributed by atoms with Crippen molar-refractivity contribution < 1.29 is 5.11 Å². The van der Waals surface area contributed by atoms with Crippen LogP contribution in [0.2, 0.25) is 0 Å². The number of rotatable bonds is 1. The zero-order valence-corrected chi connectivity index (χ0v) is 21.7. The maximum Gasteiger partial charge on any atom is 0.0594 e. The second-order valence-corrected chi connectivity index (χ2v) is 14.7. The number of aliphatic hydroxyl groups excluding tert-OH is 1. The molecule has 0 aliphatic heterocycles. The van der Waals surface area contributed by atoms with Gasteiger partial charge in [-0.1, -0.05) is 53.7 Å². The van der Waals surface area contributed by atoms with E-state index in [4.69, 9.17) is 0 Å². The van der Waals surface area contributed by atoms with E-state index in [2.05, 4.69) is 55.0 Å². The first-order valence-corrected chi connectivity index (χ1v) is 13.6. The summed E-state index contributed by atoms with van der Waals surface area (Å²) in [5.41, 5.74) is 3.38. The highest BCUT2D eigenvalue weighted by atomic mass is 16.3. The SMILES string of the molecule is C=C(C)[C@@H]1CC[C@]2(C)CC[C@]3(C)[C@H](CC[C@H]4[C@]5(C)CC[C@H](O)C(C)(C)[C@@H]5CC[C@]43C)[C@@H]12. The van der Waals surface area contributed by atoms with Gasteiger partial charge in [-0.05, 0) is 128 Å². The molecule has 0 aromatic rings. The van der Waals surface area contributed by atoms with Crippen LogP contribution in [0.1, 0.15) is 113 Å². The van der Waals surface area contributed by atoms with Gasteiger partial charge in [-0.2, -0.15) is 0 Å². The Bertz CT molecular complexity index is 766. The maximum absolute atomic E-state index is 10.9. The summed E-state index contributed by atoms with van der Waals surface area (Å²) in [6.45, 7) is 22.3. The number of allylic oxidation sites excluding steroid dienone is 1. The standard InChI is InChI=1S/C30H50O/c1-19(2)20-11-14-27(5)17-18-29(7)21(25(20)27)9-10-23-28(6)15-13-24(31)26(3,4)22(28)12-16-30(23,29)8/h20-25,31H,1,9-18H2,2-8H3/t20-,21+,22-,23-,24-,25+,27+,28+,29+,30+/m0/s1. The predicted molar refractivity (Wildman–Crippen MR) is 131 cm³/mol. The van der Waals surface area contributed by atoms with Gasteiger partial charge in [-0.25, -0.2) is 0 Å². The summed E-state index contributed by atoms with van der Waals surface area (Å²) in [5, 5.41) is 10.9. The third-order valence-electron chi connectivity index (χ3n) is 13.5. The molecule has 0 saturated heterocycles. The molecule has 0 bridgehead atoms. The number of fused-ring (bicyclic) bond motifs is 7. The topological polar surface area (TPSA) is 20.2 Å². The van der Waals surface area contributed by atoms with E-state index in [0.29, 0.717) is 27.6 Å². The molecule has 0 amide bonds. The van der Waals surface area contributed by atoms with Crippen molar-refractivity contribution in [2.45, 2.75) is 119 Å². The molecule has 1 heteroatoms. The summed E-state index contributed by atoms with van der Waals surface area (Å²) in [6, 6.07) is 0. The Balaban J connectivity index is 1.54. The van der Waals surface area contributed by atoms with Crippen molar-refractivity contribution in [3.05, 3.63) is 12.2 Å². The van der Waals surface area contributed by atoms with Crippen LogP contribution in [0.5, 0.6) is 0 Å². The van der Waals surface area contributed by atoms with Gasteiger partial charge in [0.1, 0.15) is 0 Å². The molecule has 0 aromatic carbocycles. The minimum absolute atomic E-state index is 0.0632. The zero-order chi connectivity index (χ0) is 22.6. The molecule has 5 rings (SSSR count). The Hall–Kier alpha value is -0.300. The Kier molecular flexibility index (Phi) is 4.82. The lowest BCUT2D eigenvalue weighted by Gasteiger charge is -2.73. The highest BCUT2D eigenvalue weighted by Crippen LogP contribution is 2.77. The van der Waals surface area contributed by atoms with Crippen LogP contribution in [-0.4, -0.2) is 11.2 Å². The highest BCUT2D eigenvalue weighted by molar-refractivity contribution is 5.21. The molecule has 0 heterocycles. The van der Waals surface area contributed by atoms with E-state index >= 15 is 0 Å². The molecule has 0 spiro atoms. The van der Waals surface area contributed by atoms with Crippen LogP contribution in [0, 0.1) is 56.7 Å². The average molecular weight is 427 g/mol. The van der Waals surface area contributed by atoms with Gasteiger partial charge in [0.25, 0.3) is 0 Å². The van der Waals surface area contributed by atoms with E-state index in [1.807, 2.05) is 0 Å². The smallest absolute Gasteiger partial charge is 0.0594 e.